The van der Waals surface area contributed by atoms with Crippen LogP contribution in [-0.4, -0.2) is 29.9 Å². The highest BCUT2D eigenvalue weighted by atomic mass is 35.5. The van der Waals surface area contributed by atoms with Crippen LogP contribution in [0.15, 0.2) is 47.1 Å². The summed E-state index contributed by atoms with van der Waals surface area (Å²) in [6.45, 7) is 1.69. The Labute approximate surface area is 156 Å². The van der Waals surface area contributed by atoms with E-state index in [9.17, 15) is 9.59 Å². The molecule has 1 aromatic heterocycles. The fourth-order valence-electron chi connectivity index (χ4n) is 3.68. The summed E-state index contributed by atoms with van der Waals surface area (Å²) in [5.41, 5.74) is 0.647. The van der Waals surface area contributed by atoms with Crippen molar-refractivity contribution in [3.8, 4) is 0 Å². The van der Waals surface area contributed by atoms with Crippen LogP contribution in [0.2, 0.25) is 5.02 Å². The molecule has 6 nitrogen and oxygen atoms in total. The number of anilines is 1. The molecule has 1 saturated carbocycles. The lowest BCUT2D eigenvalue weighted by atomic mass is 10.0. The Morgan fingerprint density at radius 3 is 2.81 bits per heavy atom. The summed E-state index contributed by atoms with van der Waals surface area (Å²) < 4.78 is 5.23. The van der Waals surface area contributed by atoms with Gasteiger partial charge in [-0.3, -0.25) is 4.79 Å². The molecule has 2 heterocycles. The monoisotopic (exact) mass is 373 g/mol. The molecule has 26 heavy (non-hydrogen) atoms. The van der Waals surface area contributed by atoms with E-state index in [4.69, 9.17) is 16.0 Å². The minimum Gasteiger partial charge on any atom is -0.467 e. The standard InChI is InChI=1S/C19H20ClN3O3/c20-13-3-5-14(6-4-13)22-18(25)23-8-7-19(12-23)10-16(19)17(24)21-11-15-2-1-9-26-15/h1-6,9,16H,7-8,10-12H2,(H,21,24)(H,22,25). The van der Waals surface area contributed by atoms with E-state index >= 15 is 0 Å². The lowest BCUT2D eigenvalue weighted by Crippen LogP contribution is -2.34. The number of nitrogens with zero attached hydrogens (tertiary/aromatic N) is 1. The van der Waals surface area contributed by atoms with Crippen LogP contribution in [0.4, 0.5) is 10.5 Å². The van der Waals surface area contributed by atoms with Crippen molar-refractivity contribution in [2.75, 3.05) is 18.4 Å². The lowest BCUT2D eigenvalue weighted by molar-refractivity contribution is -0.123. The Hall–Kier alpha value is -2.47. The first-order valence-electron chi connectivity index (χ1n) is 8.67. The van der Waals surface area contributed by atoms with E-state index in [0.717, 1.165) is 18.6 Å². The second-order valence-electron chi connectivity index (χ2n) is 7.02. The molecule has 2 unspecified atom stereocenters. The SMILES string of the molecule is O=C(NCc1ccco1)C1CC12CCN(C(=O)Nc1ccc(Cl)cc1)C2. The molecule has 1 aliphatic carbocycles. The second kappa shape index (κ2) is 6.68. The van der Waals surface area contributed by atoms with Gasteiger partial charge in [0.1, 0.15) is 5.76 Å². The molecule has 136 valence electrons. The average Bonchev–Trinajstić information content (AvgIpc) is 2.99. The number of likely N-dealkylation sites (tertiary alicyclic amines) is 1. The van der Waals surface area contributed by atoms with Gasteiger partial charge in [-0.25, -0.2) is 4.79 Å². The van der Waals surface area contributed by atoms with Gasteiger partial charge in [-0.15, -0.1) is 0 Å². The summed E-state index contributed by atoms with van der Waals surface area (Å²) in [5, 5.41) is 6.43. The Morgan fingerprint density at radius 2 is 2.08 bits per heavy atom. The number of urea groups is 1. The molecular formula is C19H20ClN3O3. The molecule has 1 saturated heterocycles. The van der Waals surface area contributed by atoms with Gasteiger partial charge in [-0.2, -0.15) is 0 Å². The summed E-state index contributed by atoms with van der Waals surface area (Å²) in [7, 11) is 0. The number of nitrogens with one attached hydrogen (secondary N) is 2. The zero-order valence-electron chi connectivity index (χ0n) is 14.2. The van der Waals surface area contributed by atoms with Gasteiger partial charge < -0.3 is 20.0 Å². The molecule has 0 radical (unpaired) electrons. The maximum absolute atomic E-state index is 12.4. The van der Waals surface area contributed by atoms with E-state index in [0.29, 0.717) is 30.3 Å². The maximum Gasteiger partial charge on any atom is 0.321 e. The third kappa shape index (κ3) is 3.42. The Balaban J connectivity index is 1.29. The first-order valence-corrected chi connectivity index (χ1v) is 9.05. The zero-order chi connectivity index (χ0) is 18.1. The van der Waals surface area contributed by atoms with Gasteiger partial charge in [0.05, 0.1) is 12.8 Å². The fraction of sp³-hybridized carbons (Fsp3) is 0.368. The molecule has 2 aromatic rings. The number of carbonyl (C=O) groups is 2. The Bertz CT molecular complexity index is 806. The first-order chi connectivity index (χ1) is 12.6. The fourth-order valence-corrected chi connectivity index (χ4v) is 3.81. The predicted octanol–water partition coefficient (Wildman–Crippen LogP) is 3.49. The molecule has 2 aliphatic rings. The van der Waals surface area contributed by atoms with Gasteiger partial charge in [0, 0.05) is 35.1 Å². The first kappa shape index (κ1) is 17.0. The summed E-state index contributed by atoms with van der Waals surface area (Å²) in [5.74, 6) is 0.760. The van der Waals surface area contributed by atoms with Crippen LogP contribution in [0.25, 0.3) is 0 Å². The van der Waals surface area contributed by atoms with E-state index in [1.807, 2.05) is 6.07 Å². The second-order valence-corrected chi connectivity index (χ2v) is 7.46. The zero-order valence-corrected chi connectivity index (χ0v) is 15.0. The Morgan fingerprint density at radius 1 is 1.27 bits per heavy atom. The van der Waals surface area contributed by atoms with Crippen LogP contribution < -0.4 is 10.6 Å². The molecule has 2 fully saturated rings. The van der Waals surface area contributed by atoms with Crippen LogP contribution in [0.3, 0.4) is 0 Å². The highest BCUT2D eigenvalue weighted by Crippen LogP contribution is 2.58. The number of hydrogen-bond acceptors (Lipinski definition) is 3. The van der Waals surface area contributed by atoms with Crippen molar-refractivity contribution >= 4 is 29.2 Å². The van der Waals surface area contributed by atoms with E-state index in [1.165, 1.54) is 0 Å². The van der Waals surface area contributed by atoms with Gasteiger partial charge in [0.2, 0.25) is 5.91 Å². The van der Waals surface area contributed by atoms with Crippen molar-refractivity contribution in [2.45, 2.75) is 19.4 Å². The van der Waals surface area contributed by atoms with E-state index in [1.54, 1.807) is 41.5 Å². The maximum atomic E-state index is 12.4. The van der Waals surface area contributed by atoms with Crippen molar-refractivity contribution in [1.82, 2.24) is 10.2 Å². The molecule has 7 heteroatoms. The van der Waals surface area contributed by atoms with Crippen LogP contribution in [-0.2, 0) is 11.3 Å². The highest BCUT2D eigenvalue weighted by Gasteiger charge is 2.61. The minimum absolute atomic E-state index is 0.0224. The molecule has 3 amide bonds. The third-order valence-corrected chi connectivity index (χ3v) is 5.54. The highest BCUT2D eigenvalue weighted by molar-refractivity contribution is 6.30. The lowest BCUT2D eigenvalue weighted by Gasteiger charge is -2.17. The molecule has 4 rings (SSSR count). The van der Waals surface area contributed by atoms with Gasteiger partial charge in [-0.1, -0.05) is 11.6 Å². The largest absolute Gasteiger partial charge is 0.467 e. The van der Waals surface area contributed by atoms with Crippen molar-refractivity contribution in [1.29, 1.82) is 0 Å². The number of halogens is 1. The summed E-state index contributed by atoms with van der Waals surface area (Å²) >= 11 is 5.86. The summed E-state index contributed by atoms with van der Waals surface area (Å²) in [4.78, 5) is 26.6. The molecule has 1 aromatic carbocycles. The summed E-state index contributed by atoms with van der Waals surface area (Å²) in [6.07, 6.45) is 3.29. The van der Waals surface area contributed by atoms with Gasteiger partial charge in [0.15, 0.2) is 0 Å². The minimum atomic E-state index is -0.133. The number of furan rings is 1. The quantitative estimate of drug-likeness (QED) is 0.861. The van der Waals surface area contributed by atoms with E-state index in [2.05, 4.69) is 10.6 Å². The predicted molar refractivity (Wildman–Crippen MR) is 97.8 cm³/mol. The molecule has 0 bridgehead atoms. The summed E-state index contributed by atoms with van der Waals surface area (Å²) in [6, 6.07) is 10.5. The number of rotatable bonds is 4. The van der Waals surface area contributed by atoms with E-state index < -0.39 is 0 Å². The van der Waals surface area contributed by atoms with Gasteiger partial charge in [0.25, 0.3) is 0 Å². The number of hydrogen-bond donors (Lipinski definition) is 2. The average molecular weight is 374 g/mol. The van der Waals surface area contributed by atoms with Gasteiger partial charge >= 0.3 is 6.03 Å². The molecule has 1 spiro atoms. The third-order valence-electron chi connectivity index (χ3n) is 5.29. The van der Waals surface area contributed by atoms with Crippen LogP contribution in [0, 0.1) is 11.3 Å². The molecule has 2 atom stereocenters. The number of benzene rings is 1. The normalized spacial score (nSPS) is 23.9. The molecular weight excluding hydrogens is 354 g/mol. The smallest absolute Gasteiger partial charge is 0.321 e. The molecule has 1 aliphatic heterocycles. The van der Waals surface area contributed by atoms with E-state index in [-0.39, 0.29) is 23.3 Å². The van der Waals surface area contributed by atoms with Crippen molar-refractivity contribution < 1.29 is 14.0 Å². The van der Waals surface area contributed by atoms with Gasteiger partial charge in [-0.05, 0) is 49.2 Å². The van der Waals surface area contributed by atoms with Crippen molar-refractivity contribution in [2.24, 2.45) is 11.3 Å². The Kier molecular flexibility index (Phi) is 4.36. The number of amides is 3. The topological polar surface area (TPSA) is 74.6 Å². The number of carbonyl (C=O) groups excluding carboxylic acids is 2. The molecule has 2 N–H and O–H groups in total. The van der Waals surface area contributed by atoms with Crippen molar-refractivity contribution in [3.05, 3.63) is 53.4 Å². The van der Waals surface area contributed by atoms with Crippen LogP contribution >= 0.6 is 11.6 Å². The van der Waals surface area contributed by atoms with Crippen molar-refractivity contribution in [3.63, 3.8) is 0 Å². The van der Waals surface area contributed by atoms with Crippen LogP contribution in [0.5, 0.6) is 0 Å². The van der Waals surface area contributed by atoms with Crippen LogP contribution in [0.1, 0.15) is 18.6 Å².